The summed E-state index contributed by atoms with van der Waals surface area (Å²) in [5.41, 5.74) is 0. The van der Waals surface area contributed by atoms with Gasteiger partial charge in [0.1, 0.15) is 0 Å². The zero-order valence-corrected chi connectivity index (χ0v) is 42.1. The van der Waals surface area contributed by atoms with Crippen molar-refractivity contribution in [1.82, 2.24) is 0 Å². The van der Waals surface area contributed by atoms with Crippen LogP contribution in [-0.4, -0.2) is 126 Å². The van der Waals surface area contributed by atoms with Gasteiger partial charge in [-0.1, -0.05) is 0 Å². The average Bonchev–Trinajstić information content (AvgIpc) is 3.03. The Morgan fingerprint density at radius 3 is 0.955 bits per heavy atom. The quantitative estimate of drug-likeness (QED) is 0.0192. The van der Waals surface area contributed by atoms with Crippen LogP contribution in [0.5, 0.6) is 0 Å². The van der Waals surface area contributed by atoms with Crippen molar-refractivity contribution in [1.29, 1.82) is 0 Å². The van der Waals surface area contributed by atoms with Crippen LogP contribution >= 0.6 is 245 Å². The van der Waals surface area contributed by atoms with Crippen LogP contribution in [0.15, 0.2) is 0 Å². The molecule has 3 atom stereocenters. The highest BCUT2D eigenvalue weighted by atomic mass is 32.2. The molecule has 270 valence electrons. The van der Waals surface area contributed by atoms with Gasteiger partial charge < -0.3 is 0 Å². The van der Waals surface area contributed by atoms with Crippen molar-refractivity contribution >= 4 is 245 Å². The molecular formula is C24H54S20. The number of hydrogen-bond donors (Lipinski definition) is 11. The number of rotatable bonds is 30. The second-order valence-corrected chi connectivity index (χ2v) is 25.5. The molecule has 0 rings (SSSR count). The lowest BCUT2D eigenvalue weighted by atomic mass is 10.5. The van der Waals surface area contributed by atoms with Crippen LogP contribution in [0.4, 0.5) is 0 Å². The molecule has 0 saturated heterocycles. The van der Waals surface area contributed by atoms with Gasteiger partial charge in [-0.25, -0.2) is 0 Å². The van der Waals surface area contributed by atoms with Crippen LogP contribution in [0.3, 0.4) is 0 Å². The molecule has 0 aromatic rings. The van der Waals surface area contributed by atoms with Gasteiger partial charge in [0.2, 0.25) is 0 Å². The third-order valence-electron chi connectivity index (χ3n) is 4.49. The molecule has 0 aliphatic rings. The van der Waals surface area contributed by atoms with Gasteiger partial charge in [-0.15, -0.1) is 47.0 Å². The van der Waals surface area contributed by atoms with Gasteiger partial charge in [0.05, 0.1) is 9.16 Å². The van der Waals surface area contributed by atoms with E-state index >= 15 is 0 Å². The number of thioether (sulfide) groups is 9. The third-order valence-corrected chi connectivity index (χ3v) is 21.6. The summed E-state index contributed by atoms with van der Waals surface area (Å²) in [5, 5.41) is 5.44. The van der Waals surface area contributed by atoms with Crippen LogP contribution in [0, 0.1) is 0 Å². The summed E-state index contributed by atoms with van der Waals surface area (Å²) >= 11 is 64.5. The van der Waals surface area contributed by atoms with E-state index in [0.717, 1.165) is 90.0 Å². The van der Waals surface area contributed by atoms with Gasteiger partial charge in [0, 0.05) is 93.6 Å². The van der Waals surface area contributed by atoms with E-state index in [0.29, 0.717) is 24.9 Å². The predicted octanol–water partition coefficient (Wildman–Crippen LogP) is 10.8. The van der Waals surface area contributed by atoms with Crippen molar-refractivity contribution < 1.29 is 0 Å². The second kappa shape index (κ2) is 48.0. The number of thiol groups is 11. The Morgan fingerprint density at radius 2 is 0.682 bits per heavy atom. The second-order valence-electron chi connectivity index (χ2n) is 7.82. The van der Waals surface area contributed by atoms with Crippen molar-refractivity contribution in [2.24, 2.45) is 0 Å². The van der Waals surface area contributed by atoms with Gasteiger partial charge >= 0.3 is 0 Å². The minimum absolute atomic E-state index is 0.588. The van der Waals surface area contributed by atoms with Gasteiger partial charge in [-0.3, -0.25) is 0 Å². The van der Waals surface area contributed by atoms with E-state index in [1.807, 2.05) is 106 Å². The highest BCUT2D eigenvalue weighted by Gasteiger charge is 2.17. The maximum atomic E-state index is 4.44. The maximum absolute atomic E-state index is 4.44. The lowest BCUT2D eigenvalue weighted by molar-refractivity contribution is 1.03. The maximum Gasteiger partial charge on any atom is 0.0537 e. The zero-order chi connectivity index (χ0) is 33.7. The Kier molecular flexibility index (Phi) is 60.4. The topological polar surface area (TPSA) is 0 Å². The Labute approximate surface area is 371 Å². The molecule has 0 amide bonds. The smallest absolute Gasteiger partial charge is 0.0537 e. The minimum atomic E-state index is 0.588. The Bertz CT molecular complexity index is 468. The first-order valence-electron chi connectivity index (χ1n) is 13.6. The molecule has 0 bridgehead atoms. The summed E-state index contributed by atoms with van der Waals surface area (Å²) in [7, 11) is 0. The Balaban J connectivity index is -0.000000582. The predicted molar refractivity (Wildman–Crippen MR) is 278 cm³/mol. The van der Waals surface area contributed by atoms with Crippen LogP contribution in [0.25, 0.3) is 0 Å². The molecule has 20 heteroatoms. The minimum Gasteiger partial charge on any atom is -0.179 e. The monoisotopic (exact) mass is 982 g/mol. The molecule has 0 spiro atoms. The number of hydrogen-bond acceptors (Lipinski definition) is 20. The van der Waals surface area contributed by atoms with Crippen LogP contribution in [-0.2, 0) is 0 Å². The van der Waals surface area contributed by atoms with E-state index < -0.39 is 0 Å². The van der Waals surface area contributed by atoms with Crippen molar-refractivity contribution in [2.75, 3.05) is 101 Å². The molecule has 0 aromatic heterocycles. The SMILES string of the molecule is SCCSCC(CS)SC(CS)CSCCS.SCCSCC(CS)SCCS.SCSC(CC(SCS)SCS)SCS. The van der Waals surface area contributed by atoms with E-state index in [9.17, 15) is 0 Å². The molecule has 44 heavy (non-hydrogen) atoms. The van der Waals surface area contributed by atoms with Crippen molar-refractivity contribution in [3.63, 3.8) is 0 Å². The molecule has 0 saturated carbocycles. The third kappa shape index (κ3) is 41.8. The Morgan fingerprint density at radius 1 is 0.364 bits per heavy atom. The summed E-state index contributed by atoms with van der Waals surface area (Å²) in [4.78, 5) is 0. The standard InChI is InChI=1S/C10H22S7.C7H16S8.C7H16S5/c11-1-3-15-7-9(5-13)17-10(6-14)8-16-4-2-12;8-2-12-6(13-3-9)1-7(14-4-10)15-5-11;8-1-3-11-6-7(5-10)12-4-2-9/h9-14H,1-8H2;6-11H,1-5H2;7-10H,1-6H2. The van der Waals surface area contributed by atoms with E-state index in [4.69, 9.17) is 0 Å². The van der Waals surface area contributed by atoms with Crippen molar-refractivity contribution in [3.05, 3.63) is 0 Å². The van der Waals surface area contributed by atoms with Crippen LogP contribution in [0.1, 0.15) is 6.42 Å². The van der Waals surface area contributed by atoms with E-state index in [1.165, 1.54) is 17.3 Å². The lowest BCUT2D eigenvalue weighted by Crippen LogP contribution is -2.19. The fraction of sp³-hybridized carbons (Fsp3) is 1.00. The van der Waals surface area contributed by atoms with Gasteiger partial charge in [-0.2, -0.15) is 198 Å². The molecule has 0 nitrogen and oxygen atoms in total. The normalized spacial score (nSPS) is 13.3. The largest absolute Gasteiger partial charge is 0.179 e. The highest BCUT2D eigenvalue weighted by Crippen LogP contribution is 2.37. The Hall–Kier alpha value is 7.00. The first-order valence-corrected chi connectivity index (χ1v) is 30.2. The molecule has 0 aromatic carbocycles. The van der Waals surface area contributed by atoms with E-state index in [-0.39, 0.29) is 0 Å². The molecule has 0 aliphatic carbocycles. The van der Waals surface area contributed by atoms with E-state index in [2.05, 4.69) is 139 Å². The molecule has 0 radical (unpaired) electrons. The molecular weight excluding hydrogens is 930 g/mol. The van der Waals surface area contributed by atoms with Crippen molar-refractivity contribution in [2.45, 2.75) is 31.3 Å². The van der Waals surface area contributed by atoms with Crippen LogP contribution < -0.4 is 0 Å². The summed E-state index contributed by atoms with van der Waals surface area (Å²) in [6.45, 7) is 0. The van der Waals surface area contributed by atoms with Crippen LogP contribution in [0.2, 0.25) is 0 Å². The average molecular weight is 984 g/mol. The van der Waals surface area contributed by atoms with Crippen molar-refractivity contribution in [3.8, 4) is 0 Å². The fourth-order valence-corrected chi connectivity index (χ4v) is 18.4. The summed E-state index contributed by atoms with van der Waals surface area (Å²) in [6.07, 6.45) is 1.16. The fourth-order valence-electron chi connectivity index (χ4n) is 2.61. The van der Waals surface area contributed by atoms with Gasteiger partial charge in [0.25, 0.3) is 0 Å². The lowest BCUT2D eigenvalue weighted by Gasteiger charge is -2.20. The summed E-state index contributed by atoms with van der Waals surface area (Å²) < 4.78 is 1.18. The molecule has 0 heterocycles. The highest BCUT2D eigenvalue weighted by molar-refractivity contribution is 8.24. The van der Waals surface area contributed by atoms with Gasteiger partial charge in [0.15, 0.2) is 0 Å². The van der Waals surface area contributed by atoms with Gasteiger partial charge in [-0.05, 0) is 29.4 Å². The van der Waals surface area contributed by atoms with E-state index in [1.54, 1.807) is 0 Å². The molecule has 0 fully saturated rings. The molecule has 0 aliphatic heterocycles. The first-order chi connectivity index (χ1) is 21.4. The molecule has 0 N–H and O–H groups in total. The summed E-state index contributed by atoms with van der Waals surface area (Å²) in [6, 6.07) is 0. The zero-order valence-electron chi connectivity index (χ0n) is 24.9. The molecule has 3 unspecified atom stereocenters. The first kappa shape index (κ1) is 55.3. The summed E-state index contributed by atoms with van der Waals surface area (Å²) in [5.74, 6) is 14.8.